The number of hydrogen-bond donors (Lipinski definition) is 0. The smallest absolute Gasteiger partial charge is 0.256 e. The van der Waals surface area contributed by atoms with Crippen molar-refractivity contribution < 1.29 is 13.9 Å². The largest absolute Gasteiger partial charge is 0.379 e. The molecule has 0 unspecified atom stereocenters. The second-order valence-corrected chi connectivity index (χ2v) is 4.60. The second kappa shape index (κ2) is 5.91. The zero-order chi connectivity index (χ0) is 13.0. The van der Waals surface area contributed by atoms with Gasteiger partial charge in [-0.3, -0.25) is 9.78 Å². The van der Waals surface area contributed by atoms with Crippen molar-refractivity contribution in [2.75, 3.05) is 26.8 Å². The number of hydrogen-bond acceptors (Lipinski definition) is 3. The van der Waals surface area contributed by atoms with Crippen molar-refractivity contribution in [2.24, 2.45) is 5.92 Å². The highest BCUT2D eigenvalue weighted by atomic mass is 19.1. The zero-order valence-corrected chi connectivity index (χ0v) is 10.4. The van der Waals surface area contributed by atoms with Crippen LogP contribution in [0.2, 0.25) is 0 Å². The normalized spacial score (nSPS) is 14.6. The molecule has 0 bridgehead atoms. The monoisotopic (exact) mass is 252 g/mol. The maximum atomic E-state index is 13.4. The van der Waals surface area contributed by atoms with Crippen LogP contribution < -0.4 is 0 Å². The summed E-state index contributed by atoms with van der Waals surface area (Å²) in [4.78, 5) is 17.0. The first kappa shape index (κ1) is 13.0. The molecule has 1 heterocycles. The molecular weight excluding hydrogens is 235 g/mol. The number of carbonyl (C=O) groups excluding carboxylic acids is 1. The Labute approximate surface area is 106 Å². The Morgan fingerprint density at radius 3 is 3.06 bits per heavy atom. The average Bonchev–Trinajstić information content (AvgIpc) is 3.18. The van der Waals surface area contributed by atoms with E-state index in [0.717, 1.165) is 12.8 Å². The van der Waals surface area contributed by atoms with Gasteiger partial charge in [0.2, 0.25) is 0 Å². The summed E-state index contributed by atoms with van der Waals surface area (Å²) < 4.78 is 18.8. The summed E-state index contributed by atoms with van der Waals surface area (Å²) in [7, 11) is 1.64. The third-order valence-corrected chi connectivity index (χ3v) is 2.97. The molecular formula is C13H17FN2O2. The molecule has 1 saturated carbocycles. The molecule has 2 rings (SSSR count). The van der Waals surface area contributed by atoms with Crippen molar-refractivity contribution in [3.63, 3.8) is 0 Å². The molecule has 18 heavy (non-hydrogen) atoms. The van der Waals surface area contributed by atoms with Crippen LogP contribution in [0.15, 0.2) is 18.5 Å². The summed E-state index contributed by atoms with van der Waals surface area (Å²) in [6.45, 7) is 1.73. The van der Waals surface area contributed by atoms with E-state index in [1.807, 2.05) is 0 Å². The van der Waals surface area contributed by atoms with Crippen molar-refractivity contribution in [1.29, 1.82) is 0 Å². The number of halogens is 1. The summed E-state index contributed by atoms with van der Waals surface area (Å²) in [6.07, 6.45) is 4.95. The Bertz CT molecular complexity index is 421. The average molecular weight is 252 g/mol. The predicted molar refractivity (Wildman–Crippen MR) is 64.7 cm³/mol. The molecule has 4 nitrogen and oxygen atoms in total. The number of ether oxygens (including phenoxy) is 1. The highest BCUT2D eigenvalue weighted by Gasteiger charge is 2.21. The van der Waals surface area contributed by atoms with Gasteiger partial charge in [0, 0.05) is 26.4 Å². The number of rotatable bonds is 6. The molecule has 98 valence electrons. The number of pyridine rings is 1. The number of nitrogens with zero attached hydrogens (tertiary/aromatic N) is 2. The van der Waals surface area contributed by atoms with E-state index in [0.29, 0.717) is 19.1 Å². The van der Waals surface area contributed by atoms with Crippen LogP contribution in [0.4, 0.5) is 4.39 Å². The fraction of sp³-hybridized carbons (Fsp3) is 0.538. The van der Waals surface area contributed by atoms with Crippen LogP contribution in [0.25, 0.3) is 0 Å². The van der Waals surface area contributed by atoms with Crippen LogP contribution in [0.5, 0.6) is 0 Å². The van der Waals surface area contributed by atoms with E-state index in [2.05, 4.69) is 4.98 Å². The molecule has 0 spiro atoms. The molecule has 0 atom stereocenters. The lowest BCUT2D eigenvalue weighted by atomic mass is 10.2. The lowest BCUT2D eigenvalue weighted by Gasteiger charge is -2.17. The minimum absolute atomic E-state index is 0.0506. The van der Waals surface area contributed by atoms with Crippen molar-refractivity contribution >= 4 is 5.91 Å². The van der Waals surface area contributed by atoms with Crippen molar-refractivity contribution in [2.45, 2.75) is 12.8 Å². The molecule has 1 aliphatic carbocycles. The van der Waals surface area contributed by atoms with Gasteiger partial charge in [-0.2, -0.15) is 0 Å². The molecule has 0 aromatic carbocycles. The first-order valence-electron chi connectivity index (χ1n) is 6.11. The molecule has 1 amide bonds. The van der Waals surface area contributed by atoms with Crippen LogP contribution in [-0.4, -0.2) is 42.6 Å². The van der Waals surface area contributed by atoms with Gasteiger partial charge in [-0.1, -0.05) is 0 Å². The topological polar surface area (TPSA) is 42.4 Å². The first-order chi connectivity index (χ1) is 8.68. The Morgan fingerprint density at radius 2 is 2.39 bits per heavy atom. The molecule has 1 fully saturated rings. The van der Waals surface area contributed by atoms with Gasteiger partial charge in [-0.25, -0.2) is 4.39 Å². The Morgan fingerprint density at radius 1 is 1.61 bits per heavy atom. The number of amides is 1. The predicted octanol–water partition coefficient (Wildman–Crippen LogP) is 1.72. The summed E-state index contributed by atoms with van der Waals surface area (Å²) >= 11 is 0. The Hall–Kier alpha value is -1.49. The van der Waals surface area contributed by atoms with E-state index in [-0.39, 0.29) is 11.5 Å². The van der Waals surface area contributed by atoms with E-state index in [1.54, 1.807) is 7.05 Å². The van der Waals surface area contributed by atoms with Crippen LogP contribution in [0.1, 0.15) is 23.2 Å². The fourth-order valence-corrected chi connectivity index (χ4v) is 1.59. The lowest BCUT2D eigenvalue weighted by molar-refractivity contribution is 0.0677. The van der Waals surface area contributed by atoms with Gasteiger partial charge < -0.3 is 9.64 Å². The maximum Gasteiger partial charge on any atom is 0.256 e. The number of carbonyl (C=O) groups is 1. The third-order valence-electron chi connectivity index (χ3n) is 2.97. The number of likely N-dealkylation sites (N-methyl/N-ethyl adjacent to an activating group) is 1. The highest BCUT2D eigenvalue weighted by molar-refractivity contribution is 5.94. The molecule has 0 N–H and O–H groups in total. The molecule has 0 aliphatic heterocycles. The van der Waals surface area contributed by atoms with E-state index in [4.69, 9.17) is 4.74 Å². The van der Waals surface area contributed by atoms with Gasteiger partial charge in [-0.15, -0.1) is 0 Å². The van der Waals surface area contributed by atoms with Gasteiger partial charge in [-0.05, 0) is 24.8 Å². The van der Waals surface area contributed by atoms with Gasteiger partial charge in [0.1, 0.15) is 0 Å². The van der Waals surface area contributed by atoms with E-state index < -0.39 is 5.82 Å². The van der Waals surface area contributed by atoms with Crippen molar-refractivity contribution in [3.05, 3.63) is 29.8 Å². The molecule has 1 aromatic heterocycles. The maximum absolute atomic E-state index is 13.4. The molecule has 1 aromatic rings. The molecule has 1 aliphatic rings. The van der Waals surface area contributed by atoms with E-state index >= 15 is 0 Å². The fourth-order valence-electron chi connectivity index (χ4n) is 1.59. The number of aromatic nitrogens is 1. The second-order valence-electron chi connectivity index (χ2n) is 4.60. The lowest BCUT2D eigenvalue weighted by Crippen LogP contribution is -2.31. The SMILES string of the molecule is CN(CCOCC1CC1)C(=O)c1ccncc1F. The van der Waals surface area contributed by atoms with Gasteiger partial charge >= 0.3 is 0 Å². The van der Waals surface area contributed by atoms with Gasteiger partial charge in [0.15, 0.2) is 5.82 Å². The molecule has 5 heteroatoms. The van der Waals surface area contributed by atoms with E-state index in [9.17, 15) is 9.18 Å². The standard InChI is InChI=1S/C13H17FN2O2/c1-16(6-7-18-9-10-2-3-10)13(17)11-4-5-15-8-12(11)14/h4-5,8,10H,2-3,6-7,9H2,1H3. The Kier molecular flexibility index (Phi) is 4.25. The Balaban J connectivity index is 1.78. The van der Waals surface area contributed by atoms with Crippen LogP contribution >= 0.6 is 0 Å². The molecule has 0 saturated heterocycles. The quantitative estimate of drug-likeness (QED) is 0.724. The van der Waals surface area contributed by atoms with Gasteiger partial charge in [0.05, 0.1) is 18.4 Å². The zero-order valence-electron chi connectivity index (χ0n) is 10.4. The van der Waals surface area contributed by atoms with Gasteiger partial charge in [0.25, 0.3) is 5.91 Å². The summed E-state index contributed by atoms with van der Waals surface area (Å²) in [6, 6.07) is 1.39. The van der Waals surface area contributed by atoms with Crippen LogP contribution in [-0.2, 0) is 4.74 Å². The highest BCUT2D eigenvalue weighted by Crippen LogP contribution is 2.28. The van der Waals surface area contributed by atoms with Crippen LogP contribution in [0.3, 0.4) is 0 Å². The van der Waals surface area contributed by atoms with Crippen molar-refractivity contribution in [3.8, 4) is 0 Å². The summed E-state index contributed by atoms with van der Waals surface area (Å²) in [5, 5.41) is 0. The minimum atomic E-state index is -0.590. The minimum Gasteiger partial charge on any atom is -0.379 e. The summed E-state index contributed by atoms with van der Waals surface area (Å²) in [5.41, 5.74) is 0.0506. The summed E-state index contributed by atoms with van der Waals surface area (Å²) in [5.74, 6) is -0.221. The third kappa shape index (κ3) is 3.50. The van der Waals surface area contributed by atoms with Crippen molar-refractivity contribution in [1.82, 2.24) is 9.88 Å². The molecule has 0 radical (unpaired) electrons. The first-order valence-corrected chi connectivity index (χ1v) is 6.11. The van der Waals surface area contributed by atoms with Crippen LogP contribution in [0, 0.1) is 11.7 Å². The van der Waals surface area contributed by atoms with E-state index in [1.165, 1.54) is 30.0 Å².